The smallest absolute Gasteiger partial charge is 0.234 e. The zero-order valence-electron chi connectivity index (χ0n) is 13.2. The van der Waals surface area contributed by atoms with Crippen molar-refractivity contribution in [2.75, 3.05) is 6.54 Å². The first-order valence-corrected chi connectivity index (χ1v) is 7.96. The minimum absolute atomic E-state index is 0.0531. The summed E-state index contributed by atoms with van der Waals surface area (Å²) in [7, 11) is 0. The fourth-order valence-corrected chi connectivity index (χ4v) is 2.80. The number of unbranched alkanes of at least 4 members (excludes halogenated alkanes) is 1. The summed E-state index contributed by atoms with van der Waals surface area (Å²) in [6.45, 7) is 4.88. The number of aliphatic hydroxyl groups excluding tert-OH is 1. The van der Waals surface area contributed by atoms with Gasteiger partial charge in [0.2, 0.25) is 11.6 Å². The van der Waals surface area contributed by atoms with Crippen molar-refractivity contribution in [1.29, 1.82) is 0 Å². The summed E-state index contributed by atoms with van der Waals surface area (Å²) in [5.41, 5.74) is 0.972. The van der Waals surface area contributed by atoms with E-state index in [9.17, 15) is 14.7 Å². The normalized spacial score (nSPS) is 15.9. The average Bonchev–Trinajstić information content (AvgIpc) is 2.53. The molecule has 0 aromatic heterocycles. The summed E-state index contributed by atoms with van der Waals surface area (Å²) in [5, 5.41) is 13.8. The third-order valence-electron chi connectivity index (χ3n) is 3.98. The number of nitrogens with one attached hydrogen (secondary N) is 1. The Labute approximate surface area is 131 Å². The monoisotopic (exact) mass is 301 g/mol. The molecule has 4 heteroatoms. The summed E-state index contributed by atoms with van der Waals surface area (Å²) >= 11 is 0. The number of Topliss-reactive ketones (excluding diaryl/α,β-unsaturated/α-hetero) is 2. The highest BCUT2D eigenvalue weighted by Gasteiger charge is 2.36. The Balaban J connectivity index is 2.41. The molecule has 2 N–H and O–H groups in total. The fourth-order valence-electron chi connectivity index (χ4n) is 2.80. The summed E-state index contributed by atoms with van der Waals surface area (Å²) < 4.78 is 0. The molecule has 4 nitrogen and oxygen atoms in total. The Morgan fingerprint density at radius 1 is 1.05 bits per heavy atom. The van der Waals surface area contributed by atoms with Crippen molar-refractivity contribution in [3.8, 4) is 0 Å². The van der Waals surface area contributed by atoms with Gasteiger partial charge in [-0.3, -0.25) is 9.59 Å². The molecule has 0 heterocycles. The minimum atomic E-state index is -0.585. The van der Waals surface area contributed by atoms with Crippen LogP contribution in [0, 0.1) is 0 Å². The number of ketones is 2. The first kappa shape index (κ1) is 16.4. The third kappa shape index (κ3) is 3.12. The molecule has 0 bridgehead atoms. The zero-order chi connectivity index (χ0) is 16.1. The topological polar surface area (TPSA) is 66.4 Å². The average molecular weight is 301 g/mol. The molecule has 1 aromatic rings. The summed E-state index contributed by atoms with van der Waals surface area (Å²) in [6, 6.07) is 6.45. The Kier molecular flexibility index (Phi) is 5.50. The molecule has 1 aromatic carbocycles. The van der Waals surface area contributed by atoms with Crippen LogP contribution in [0.15, 0.2) is 29.8 Å². The standard InChI is InChI=1S/C18H23NO3/c1-3-5-11-19-14(8-4-2)15-16(20)12-9-6-7-10-13(12)17(21)18(15)22/h6-7,9-10,14,19-20H,3-5,8,11H2,1-2H3. The van der Waals surface area contributed by atoms with E-state index in [0.717, 1.165) is 25.8 Å². The van der Waals surface area contributed by atoms with Gasteiger partial charge in [0.05, 0.1) is 5.57 Å². The maximum absolute atomic E-state index is 12.4. The molecule has 1 unspecified atom stereocenters. The van der Waals surface area contributed by atoms with Crippen molar-refractivity contribution in [2.45, 2.75) is 45.6 Å². The number of fused-ring (bicyclic) bond motifs is 1. The molecule has 0 fully saturated rings. The lowest BCUT2D eigenvalue weighted by Crippen LogP contribution is -2.39. The second-order valence-corrected chi connectivity index (χ2v) is 5.62. The predicted molar refractivity (Wildman–Crippen MR) is 86.9 cm³/mol. The lowest BCUT2D eigenvalue weighted by molar-refractivity contribution is -0.112. The minimum Gasteiger partial charge on any atom is -0.507 e. The van der Waals surface area contributed by atoms with Crippen molar-refractivity contribution in [1.82, 2.24) is 5.32 Å². The van der Waals surface area contributed by atoms with Gasteiger partial charge >= 0.3 is 0 Å². The van der Waals surface area contributed by atoms with Gasteiger partial charge in [-0.05, 0) is 19.4 Å². The second kappa shape index (κ2) is 7.36. The van der Waals surface area contributed by atoms with Crippen molar-refractivity contribution in [3.05, 3.63) is 41.0 Å². The molecule has 118 valence electrons. The largest absolute Gasteiger partial charge is 0.507 e. The molecule has 0 saturated heterocycles. The van der Waals surface area contributed by atoms with Crippen LogP contribution >= 0.6 is 0 Å². The molecule has 0 radical (unpaired) electrons. The van der Waals surface area contributed by atoms with E-state index >= 15 is 0 Å². The molecule has 1 atom stereocenters. The summed E-state index contributed by atoms with van der Waals surface area (Å²) in [4.78, 5) is 24.7. The number of carbonyl (C=O) groups excluding carboxylic acids is 2. The quantitative estimate of drug-likeness (QED) is 0.599. The molecular weight excluding hydrogens is 278 g/mol. The van der Waals surface area contributed by atoms with Crippen LogP contribution in [0.1, 0.15) is 55.5 Å². The van der Waals surface area contributed by atoms with Gasteiger partial charge in [-0.1, -0.05) is 51.0 Å². The van der Waals surface area contributed by atoms with Gasteiger partial charge < -0.3 is 10.4 Å². The van der Waals surface area contributed by atoms with Crippen molar-refractivity contribution < 1.29 is 14.7 Å². The van der Waals surface area contributed by atoms with Crippen LogP contribution in [0.5, 0.6) is 0 Å². The molecule has 0 amide bonds. The first-order chi connectivity index (χ1) is 10.6. The Morgan fingerprint density at radius 3 is 2.36 bits per heavy atom. The number of hydrogen-bond acceptors (Lipinski definition) is 4. The number of aliphatic hydroxyl groups is 1. The molecule has 22 heavy (non-hydrogen) atoms. The zero-order valence-corrected chi connectivity index (χ0v) is 13.2. The highest BCUT2D eigenvalue weighted by Crippen LogP contribution is 2.30. The van der Waals surface area contributed by atoms with E-state index in [-0.39, 0.29) is 22.9 Å². The van der Waals surface area contributed by atoms with Crippen LogP contribution in [0.25, 0.3) is 5.76 Å². The number of carbonyl (C=O) groups is 2. The molecular formula is C18H23NO3. The van der Waals surface area contributed by atoms with Crippen LogP contribution in [0.4, 0.5) is 0 Å². The molecule has 0 saturated carbocycles. The lowest BCUT2D eigenvalue weighted by atomic mass is 9.84. The van der Waals surface area contributed by atoms with Crippen molar-refractivity contribution >= 4 is 17.3 Å². The van der Waals surface area contributed by atoms with E-state index in [0.29, 0.717) is 12.0 Å². The van der Waals surface area contributed by atoms with Crippen molar-refractivity contribution in [2.24, 2.45) is 0 Å². The maximum Gasteiger partial charge on any atom is 0.234 e. The van der Waals surface area contributed by atoms with E-state index < -0.39 is 11.6 Å². The molecule has 0 aliphatic heterocycles. The van der Waals surface area contributed by atoms with E-state index in [1.807, 2.05) is 6.92 Å². The Morgan fingerprint density at radius 2 is 1.73 bits per heavy atom. The molecule has 1 aliphatic carbocycles. The van der Waals surface area contributed by atoms with Gasteiger partial charge in [-0.25, -0.2) is 0 Å². The fraction of sp³-hybridized carbons (Fsp3) is 0.444. The van der Waals surface area contributed by atoms with Crippen LogP contribution in [0.3, 0.4) is 0 Å². The predicted octanol–water partition coefficient (Wildman–Crippen LogP) is 3.28. The third-order valence-corrected chi connectivity index (χ3v) is 3.98. The van der Waals surface area contributed by atoms with Gasteiger partial charge in [0.1, 0.15) is 5.76 Å². The maximum atomic E-state index is 12.4. The van der Waals surface area contributed by atoms with Gasteiger partial charge in [0, 0.05) is 17.2 Å². The van der Waals surface area contributed by atoms with E-state index in [1.54, 1.807) is 24.3 Å². The molecule has 1 aliphatic rings. The van der Waals surface area contributed by atoms with Crippen LogP contribution < -0.4 is 5.32 Å². The highest BCUT2D eigenvalue weighted by molar-refractivity contribution is 6.52. The second-order valence-electron chi connectivity index (χ2n) is 5.62. The number of hydrogen-bond donors (Lipinski definition) is 2. The van der Waals surface area contributed by atoms with E-state index in [1.165, 1.54) is 0 Å². The van der Waals surface area contributed by atoms with Gasteiger partial charge in [0.15, 0.2) is 0 Å². The molecule has 0 spiro atoms. The van der Waals surface area contributed by atoms with Gasteiger partial charge in [-0.2, -0.15) is 0 Å². The highest BCUT2D eigenvalue weighted by atomic mass is 16.3. The van der Waals surface area contributed by atoms with E-state index in [4.69, 9.17) is 0 Å². The van der Waals surface area contributed by atoms with Crippen LogP contribution in [-0.4, -0.2) is 29.3 Å². The van der Waals surface area contributed by atoms with E-state index in [2.05, 4.69) is 12.2 Å². The Bertz CT molecular complexity index is 604. The van der Waals surface area contributed by atoms with Gasteiger partial charge in [0.25, 0.3) is 0 Å². The SMILES string of the molecule is CCCCNC(CCC)C1=C(O)c2ccccc2C(=O)C1=O. The van der Waals surface area contributed by atoms with Crippen molar-refractivity contribution in [3.63, 3.8) is 0 Å². The van der Waals surface area contributed by atoms with Gasteiger partial charge in [-0.15, -0.1) is 0 Å². The number of benzene rings is 1. The van der Waals surface area contributed by atoms with Crippen LogP contribution in [-0.2, 0) is 4.79 Å². The summed E-state index contributed by atoms with van der Waals surface area (Å²) in [5.74, 6) is -1.16. The molecule has 2 rings (SSSR count). The lowest BCUT2D eigenvalue weighted by Gasteiger charge is -2.25. The Hall–Kier alpha value is -1.94. The van der Waals surface area contributed by atoms with Crippen LogP contribution in [0.2, 0.25) is 0 Å². The number of rotatable bonds is 7. The first-order valence-electron chi connectivity index (χ1n) is 7.96. The summed E-state index contributed by atoms with van der Waals surface area (Å²) in [6.07, 6.45) is 3.62.